The van der Waals surface area contributed by atoms with Crippen molar-refractivity contribution in [1.29, 1.82) is 0 Å². The van der Waals surface area contributed by atoms with Crippen molar-refractivity contribution in [3.8, 4) is 0 Å². The maximum Gasteiger partial charge on any atom is 0.272 e. The highest BCUT2D eigenvalue weighted by Crippen LogP contribution is 2.21. The van der Waals surface area contributed by atoms with Gasteiger partial charge in [0.05, 0.1) is 12.3 Å². The number of halogens is 2. The number of likely N-dealkylation sites (N-methyl/N-ethyl adjacent to an activating group) is 1. The number of rotatable bonds is 12. The first-order valence-electron chi connectivity index (χ1n) is 11.5. The van der Waals surface area contributed by atoms with Crippen molar-refractivity contribution in [3.63, 3.8) is 0 Å². The van der Waals surface area contributed by atoms with Gasteiger partial charge in [-0.1, -0.05) is 30.3 Å². The molecule has 0 N–H and O–H groups in total. The summed E-state index contributed by atoms with van der Waals surface area (Å²) >= 11 is 0. The van der Waals surface area contributed by atoms with E-state index in [4.69, 9.17) is 4.74 Å². The lowest BCUT2D eigenvalue weighted by Gasteiger charge is -2.25. The lowest BCUT2D eigenvalue weighted by Crippen LogP contribution is -2.35. The maximum atomic E-state index is 13.4. The van der Waals surface area contributed by atoms with Crippen molar-refractivity contribution in [2.75, 3.05) is 50.4 Å². The number of benzene rings is 2. The molecule has 10 heteroatoms. The van der Waals surface area contributed by atoms with Crippen LogP contribution in [0, 0.1) is 0 Å². The largest absolute Gasteiger partial charge is 0.470 e. The topological polar surface area (TPSA) is 60.7 Å². The first-order valence-corrected chi connectivity index (χ1v) is 12.8. The molecule has 2 atom stereocenters. The van der Waals surface area contributed by atoms with E-state index >= 15 is 0 Å². The Labute approximate surface area is 208 Å². The van der Waals surface area contributed by atoms with Gasteiger partial charge in [-0.2, -0.15) is 5.10 Å². The van der Waals surface area contributed by atoms with Gasteiger partial charge in [-0.05, 0) is 56.9 Å². The number of likely N-dealkylation sites (tertiary alicyclic amines) is 1. The van der Waals surface area contributed by atoms with Crippen LogP contribution < -0.4 is 4.31 Å². The second-order valence-corrected chi connectivity index (χ2v) is 10.0. The molecule has 1 aliphatic heterocycles. The molecule has 0 aromatic heterocycles. The highest BCUT2D eigenvalue weighted by molar-refractivity contribution is 7.86. The molecule has 3 rings (SSSR count). The van der Waals surface area contributed by atoms with E-state index in [1.54, 1.807) is 12.1 Å². The number of para-hydroxylation sites is 1. The quantitative estimate of drug-likeness (QED) is 0.251. The molecule has 0 amide bonds. The fourth-order valence-corrected chi connectivity index (χ4v) is 5.21. The van der Waals surface area contributed by atoms with Crippen LogP contribution >= 0.6 is 0 Å². The molecule has 0 bridgehead atoms. The Morgan fingerprint density at radius 3 is 2.51 bits per heavy atom. The number of hydrogen-bond donors (Lipinski definition) is 0. The number of alkyl halides is 2. The molecule has 0 spiro atoms. The number of anilines is 1. The Hall–Kier alpha value is -2.69. The summed E-state index contributed by atoms with van der Waals surface area (Å²) in [7, 11) is 2.97. The molecule has 0 aliphatic carbocycles. The van der Waals surface area contributed by atoms with Crippen LogP contribution in [0.1, 0.15) is 17.5 Å². The highest BCUT2D eigenvalue weighted by atomic mass is 32.2. The van der Waals surface area contributed by atoms with Crippen molar-refractivity contribution in [3.05, 3.63) is 65.7 Å². The third-order valence-corrected chi connectivity index (χ3v) is 7.25. The van der Waals surface area contributed by atoms with Crippen LogP contribution in [0.4, 0.5) is 14.5 Å². The van der Waals surface area contributed by atoms with E-state index in [2.05, 4.69) is 40.8 Å². The van der Waals surface area contributed by atoms with Crippen LogP contribution in [-0.4, -0.2) is 85.2 Å². The summed E-state index contributed by atoms with van der Waals surface area (Å²) in [5.74, 6) is 0.521. The molecule has 1 saturated heterocycles. The zero-order valence-corrected chi connectivity index (χ0v) is 21.0. The van der Waals surface area contributed by atoms with Crippen LogP contribution in [0.25, 0.3) is 0 Å². The average molecular weight is 506 g/mol. The van der Waals surface area contributed by atoms with Crippen molar-refractivity contribution >= 4 is 29.3 Å². The van der Waals surface area contributed by atoms with E-state index in [0.717, 1.165) is 37.3 Å². The van der Waals surface area contributed by atoms with Crippen LogP contribution in [0.2, 0.25) is 0 Å². The molecule has 1 aliphatic rings. The van der Waals surface area contributed by atoms with Gasteiger partial charge < -0.3 is 14.5 Å². The normalized spacial score (nSPS) is 17.7. The van der Waals surface area contributed by atoms with Crippen LogP contribution in [0.3, 0.4) is 0 Å². The van der Waals surface area contributed by atoms with Gasteiger partial charge in [0.1, 0.15) is 11.0 Å². The zero-order chi connectivity index (χ0) is 25.2. The Bertz CT molecular complexity index is 989. The average Bonchev–Trinajstić information content (AvgIpc) is 3.34. The van der Waals surface area contributed by atoms with E-state index < -0.39 is 24.0 Å². The van der Waals surface area contributed by atoms with Gasteiger partial charge in [-0.15, -0.1) is 5.10 Å². The van der Waals surface area contributed by atoms with Gasteiger partial charge in [0.2, 0.25) is 5.90 Å². The lowest BCUT2D eigenvalue weighted by molar-refractivity contribution is 0.0765. The molecule has 7 nitrogen and oxygen atoms in total. The summed E-state index contributed by atoms with van der Waals surface area (Å²) in [5, 5.41) is 7.12. The zero-order valence-electron chi connectivity index (χ0n) is 20.2. The molecule has 1 heterocycles. The molecule has 2 aromatic carbocycles. The van der Waals surface area contributed by atoms with Crippen molar-refractivity contribution in [1.82, 2.24) is 9.80 Å². The first kappa shape index (κ1) is 26.9. The third-order valence-electron chi connectivity index (χ3n) is 5.88. The Balaban J connectivity index is 1.68. The Kier molecular flexibility index (Phi) is 10.3. The summed E-state index contributed by atoms with van der Waals surface area (Å²) < 4.78 is 45.4. The fourth-order valence-electron chi connectivity index (χ4n) is 3.92. The van der Waals surface area contributed by atoms with Gasteiger partial charge in [0, 0.05) is 37.1 Å². The van der Waals surface area contributed by atoms with E-state index in [9.17, 15) is 13.0 Å². The molecule has 190 valence electrons. The third kappa shape index (κ3) is 8.19. The second-order valence-electron chi connectivity index (χ2n) is 8.55. The lowest BCUT2D eigenvalue weighted by atomic mass is 10.1. The van der Waals surface area contributed by atoms with Crippen molar-refractivity contribution in [2.24, 2.45) is 10.2 Å². The molecular formula is C25H33F2N5O2S. The van der Waals surface area contributed by atoms with Gasteiger partial charge in [0.15, 0.2) is 6.61 Å². The molecular weight excluding hydrogens is 472 g/mol. The molecule has 0 saturated carbocycles. The summed E-state index contributed by atoms with van der Waals surface area (Å²) in [5.41, 5.74) is 2.30. The van der Waals surface area contributed by atoms with Gasteiger partial charge >= 0.3 is 0 Å². The number of nitrogens with zero attached hydrogens (tertiary/aromatic N) is 5. The molecule has 2 aromatic rings. The number of hydrogen-bond acceptors (Lipinski definition) is 6. The Morgan fingerprint density at radius 2 is 1.91 bits per heavy atom. The smallest absolute Gasteiger partial charge is 0.272 e. The monoisotopic (exact) mass is 505 g/mol. The van der Waals surface area contributed by atoms with E-state index in [1.807, 2.05) is 46.8 Å². The molecule has 2 unspecified atom stereocenters. The summed E-state index contributed by atoms with van der Waals surface area (Å²) in [6.07, 6.45) is -1.49. The molecule has 35 heavy (non-hydrogen) atoms. The van der Waals surface area contributed by atoms with Crippen molar-refractivity contribution in [2.45, 2.75) is 25.4 Å². The SMILES string of the molecule is C=N/N=C(\OCC(F)F)c1ccc(CN(c2ccccc2)S(=O)CCN2CCC(N(C)C)C2)cc1. The van der Waals surface area contributed by atoms with E-state index in [0.29, 0.717) is 23.9 Å². The van der Waals surface area contributed by atoms with Gasteiger partial charge in [-0.25, -0.2) is 13.0 Å². The number of ether oxygens (including phenoxy) is 1. The van der Waals surface area contributed by atoms with Crippen LogP contribution in [0.5, 0.6) is 0 Å². The maximum absolute atomic E-state index is 13.4. The minimum Gasteiger partial charge on any atom is -0.470 e. The van der Waals surface area contributed by atoms with Crippen LogP contribution in [-0.2, 0) is 22.3 Å². The standard InChI is InChI=1S/C25H33F2N5O2S/c1-28-29-25(34-19-24(26)27)21-11-9-20(10-12-21)17-32(22-7-5-4-6-8-22)35(33)16-15-31-14-13-23(18-31)30(2)3/h4-12,23-24H,1,13-19H2,2-3H3/b29-25-. The van der Waals surface area contributed by atoms with E-state index in [1.165, 1.54) is 0 Å². The minimum atomic E-state index is -2.62. The fraction of sp³-hybridized carbons (Fsp3) is 0.440. The van der Waals surface area contributed by atoms with Gasteiger partial charge in [0.25, 0.3) is 6.43 Å². The van der Waals surface area contributed by atoms with Crippen LogP contribution in [0.15, 0.2) is 64.8 Å². The minimum absolute atomic E-state index is 0.0167. The summed E-state index contributed by atoms with van der Waals surface area (Å²) in [6.45, 7) is 5.71. The highest BCUT2D eigenvalue weighted by Gasteiger charge is 2.25. The van der Waals surface area contributed by atoms with Gasteiger partial charge in [-0.3, -0.25) is 4.31 Å². The predicted molar refractivity (Wildman–Crippen MR) is 139 cm³/mol. The second kappa shape index (κ2) is 13.4. The predicted octanol–water partition coefficient (Wildman–Crippen LogP) is 3.64. The summed E-state index contributed by atoms with van der Waals surface area (Å²) in [4.78, 5) is 4.62. The van der Waals surface area contributed by atoms with Crippen molar-refractivity contribution < 1.29 is 17.7 Å². The first-order chi connectivity index (χ1) is 16.9. The molecule has 1 fully saturated rings. The molecule has 0 radical (unpaired) electrons. The Morgan fingerprint density at radius 1 is 1.20 bits per heavy atom. The van der Waals surface area contributed by atoms with E-state index in [-0.39, 0.29) is 5.90 Å². The summed E-state index contributed by atoms with van der Waals surface area (Å²) in [6, 6.07) is 17.4.